The van der Waals surface area contributed by atoms with E-state index >= 15 is 0 Å². The van der Waals surface area contributed by atoms with E-state index in [4.69, 9.17) is 0 Å². The number of rotatable bonds is 2. The van der Waals surface area contributed by atoms with Crippen molar-refractivity contribution in [2.24, 2.45) is 0 Å². The largest absolute Gasteiger partial charge is 0.540 e. The Balaban J connectivity index is 2.50. The first-order valence-electron chi connectivity index (χ1n) is 4.08. The molecule has 0 bridgehead atoms. The second-order valence-corrected chi connectivity index (χ2v) is 2.90. The van der Waals surface area contributed by atoms with Crippen LogP contribution < -0.4 is 15.4 Å². The summed E-state index contributed by atoms with van der Waals surface area (Å²) in [6, 6.07) is 8.04. The second kappa shape index (κ2) is 3.23. The first kappa shape index (κ1) is 9.44. The Morgan fingerprint density at radius 3 is 2.47 bits per heavy atom. The lowest BCUT2D eigenvalue weighted by Gasteiger charge is -2.17. The summed E-state index contributed by atoms with van der Waals surface area (Å²) in [7, 11) is 0. The zero-order valence-corrected chi connectivity index (χ0v) is 7.49. The van der Waals surface area contributed by atoms with E-state index < -0.39 is 15.7 Å². The molecule has 1 N–H and O–H groups in total. The van der Waals surface area contributed by atoms with Crippen molar-refractivity contribution >= 4 is 5.69 Å². The molecule has 0 aliphatic carbocycles. The molecule has 0 fully saturated rings. The normalized spacial score (nSPS) is 24.4. The van der Waals surface area contributed by atoms with Crippen molar-refractivity contribution in [3.63, 3.8) is 0 Å². The third-order valence-electron chi connectivity index (χ3n) is 1.99. The number of benzene rings is 1. The zero-order chi connectivity index (χ0) is 10.9. The molecular weight excluding hydrogens is 202 g/mol. The van der Waals surface area contributed by atoms with E-state index in [0.29, 0.717) is 0 Å². The van der Waals surface area contributed by atoms with E-state index in [1.165, 1.54) is 12.1 Å². The fraction of sp³-hybridized carbons (Fsp3) is 0. The van der Waals surface area contributed by atoms with Gasteiger partial charge < -0.3 is 9.94 Å². The molecule has 1 unspecified atom stereocenters. The van der Waals surface area contributed by atoms with E-state index in [2.05, 4.69) is 10.4 Å². The predicted octanol–water partition coefficient (Wildman–Crippen LogP) is -0.205. The summed E-state index contributed by atoms with van der Waals surface area (Å²) in [5.41, 5.74) is 2.35. The van der Waals surface area contributed by atoms with E-state index in [-0.39, 0.29) is 5.69 Å². The first-order chi connectivity index (χ1) is 7.15. The third-order valence-corrected chi connectivity index (χ3v) is 1.99. The molecule has 2 rings (SSSR count). The molecule has 78 valence electrons. The van der Waals surface area contributed by atoms with Crippen molar-refractivity contribution in [2.75, 3.05) is 0 Å². The van der Waals surface area contributed by atoms with Gasteiger partial charge in [0, 0.05) is 12.1 Å². The van der Waals surface area contributed by atoms with Crippen LogP contribution in [-0.4, -0.2) is 5.03 Å². The van der Waals surface area contributed by atoms with Crippen molar-refractivity contribution in [2.45, 2.75) is 0 Å². The lowest BCUT2D eigenvalue weighted by Crippen LogP contribution is -2.56. The average molecular weight is 209 g/mol. The van der Waals surface area contributed by atoms with Crippen molar-refractivity contribution in [3.05, 3.63) is 52.6 Å². The van der Waals surface area contributed by atoms with Crippen LogP contribution in [0.2, 0.25) is 0 Å². The molecule has 1 aliphatic rings. The van der Waals surface area contributed by atoms with E-state index in [1.807, 2.05) is 0 Å². The summed E-state index contributed by atoms with van der Waals surface area (Å²) in [6.07, 6.45) is 0.843. The molecule has 1 atom stereocenters. The van der Waals surface area contributed by atoms with Gasteiger partial charge in [-0.25, -0.2) is 10.1 Å². The highest BCUT2D eigenvalue weighted by Gasteiger charge is 2.45. The van der Waals surface area contributed by atoms with Gasteiger partial charge in [0.2, 0.25) is 11.9 Å². The quantitative estimate of drug-likeness (QED) is 0.414. The minimum atomic E-state index is -1.04. The summed E-state index contributed by atoms with van der Waals surface area (Å²) in [4.78, 5) is 15.3. The highest BCUT2D eigenvalue weighted by Crippen LogP contribution is 2.24. The minimum absolute atomic E-state index is 0.286. The highest BCUT2D eigenvalue weighted by molar-refractivity contribution is 5.41. The molecule has 1 aromatic carbocycles. The zero-order valence-electron chi connectivity index (χ0n) is 7.49. The van der Waals surface area contributed by atoms with Crippen molar-refractivity contribution < 1.29 is 15.0 Å². The first-order valence-corrected chi connectivity index (χ1v) is 4.08. The van der Waals surface area contributed by atoms with Gasteiger partial charge in [-0.15, -0.1) is 0 Å². The van der Waals surface area contributed by atoms with Gasteiger partial charge in [0.15, 0.2) is 0 Å². The van der Waals surface area contributed by atoms with Gasteiger partial charge in [-0.1, -0.05) is 18.2 Å². The number of para-hydroxylation sites is 1. The molecule has 0 amide bonds. The van der Waals surface area contributed by atoms with Crippen molar-refractivity contribution in [1.82, 2.24) is 10.3 Å². The number of hydrogen-bond acceptors (Lipinski definition) is 5. The second-order valence-electron chi connectivity index (χ2n) is 2.90. The maximum absolute atomic E-state index is 10.9. The van der Waals surface area contributed by atoms with E-state index in [1.54, 1.807) is 18.2 Å². The number of nitrogens with one attached hydrogen (secondary N) is 1. The summed E-state index contributed by atoms with van der Waals surface area (Å²) < 4.78 is -1.04. The van der Waals surface area contributed by atoms with Crippen LogP contribution in [0.5, 0.6) is 0 Å². The molecule has 7 heteroatoms. The molecule has 0 spiro atoms. The Labute approximate surface area is 84.4 Å². The number of hydrogen-bond donors (Lipinski definition) is 1. The van der Waals surface area contributed by atoms with Crippen LogP contribution in [0.1, 0.15) is 0 Å². The van der Waals surface area contributed by atoms with Crippen LogP contribution in [0.25, 0.3) is 0 Å². The Morgan fingerprint density at radius 2 is 2.00 bits per heavy atom. The maximum Gasteiger partial charge on any atom is 0.270 e. The molecule has 0 aromatic heterocycles. The number of quaternary nitrogens is 1. The summed E-state index contributed by atoms with van der Waals surface area (Å²) in [6.45, 7) is 0. The van der Waals surface area contributed by atoms with Crippen molar-refractivity contribution in [1.29, 1.82) is 0 Å². The van der Waals surface area contributed by atoms with Gasteiger partial charge in [-0.05, 0) is 5.59 Å². The molecule has 0 saturated heterocycles. The number of nitro groups is 1. The van der Waals surface area contributed by atoms with Gasteiger partial charge in [0.05, 0.1) is 4.70 Å². The van der Waals surface area contributed by atoms with Gasteiger partial charge in [-0.3, -0.25) is 0 Å². The monoisotopic (exact) mass is 209 g/mol. The van der Waals surface area contributed by atoms with E-state index in [0.717, 1.165) is 6.20 Å². The van der Waals surface area contributed by atoms with E-state index in [9.17, 15) is 15.2 Å². The Bertz CT molecular complexity index is 419. The Morgan fingerprint density at radius 1 is 1.33 bits per heavy atom. The average Bonchev–Trinajstić information content (AvgIpc) is 2.63. The van der Waals surface area contributed by atoms with Crippen LogP contribution in [0, 0.1) is 10.1 Å². The lowest BCUT2D eigenvalue weighted by molar-refractivity contribution is -0.649. The van der Waals surface area contributed by atoms with Crippen LogP contribution in [0.4, 0.5) is 5.69 Å². The van der Waals surface area contributed by atoms with Crippen LogP contribution in [0.3, 0.4) is 0 Å². The predicted molar refractivity (Wildman–Crippen MR) is 47.5 cm³/mol. The summed E-state index contributed by atoms with van der Waals surface area (Å²) in [5.74, 6) is -0.782. The lowest BCUT2D eigenvalue weighted by atomic mass is 10.3. The molecule has 15 heavy (non-hydrogen) atoms. The SMILES string of the molecule is O=[N+]([O-])[N+]1(c2ccccc2)C=C([O-])ON1. The van der Waals surface area contributed by atoms with Crippen molar-refractivity contribution in [3.8, 4) is 0 Å². The maximum atomic E-state index is 10.9. The van der Waals surface area contributed by atoms with Gasteiger partial charge >= 0.3 is 0 Å². The minimum Gasteiger partial charge on any atom is -0.540 e. The van der Waals surface area contributed by atoms with Crippen LogP contribution in [0.15, 0.2) is 42.5 Å². The van der Waals surface area contributed by atoms with Gasteiger partial charge in [0.1, 0.15) is 5.95 Å². The standard InChI is InChI=1S/C8H7N3O4/c12-8-6-11(9-15-8,10(13)14)7-4-2-1-3-5-7/h1-6,9H. The Hall–Kier alpha value is -2.12. The topological polar surface area (TPSA) is 87.5 Å². The van der Waals surface area contributed by atoms with Gasteiger partial charge in [-0.2, -0.15) is 0 Å². The molecule has 7 nitrogen and oxygen atoms in total. The molecule has 0 radical (unpaired) electrons. The summed E-state index contributed by atoms with van der Waals surface area (Å²) >= 11 is 0. The molecule has 0 saturated carbocycles. The fourth-order valence-electron chi connectivity index (χ4n) is 1.28. The summed E-state index contributed by atoms with van der Waals surface area (Å²) in [5, 5.41) is 21.1. The molecule has 1 aliphatic heterocycles. The molecule has 1 heterocycles. The van der Waals surface area contributed by atoms with Crippen LogP contribution >= 0.6 is 0 Å². The number of nitrogens with zero attached hydrogens (tertiary/aromatic N) is 2. The van der Waals surface area contributed by atoms with Gasteiger partial charge in [0.25, 0.3) is 5.03 Å². The fourth-order valence-corrected chi connectivity index (χ4v) is 1.28. The third kappa shape index (κ3) is 1.39. The highest BCUT2D eigenvalue weighted by atomic mass is 16.8. The smallest absolute Gasteiger partial charge is 0.270 e. The molecule has 1 aromatic rings. The van der Waals surface area contributed by atoms with Crippen LogP contribution in [-0.2, 0) is 4.84 Å². The Kier molecular flexibility index (Phi) is 2.03. The molecular formula is C8H7N3O4.